The summed E-state index contributed by atoms with van der Waals surface area (Å²) in [4.78, 5) is 13.5. The van der Waals surface area contributed by atoms with Crippen molar-refractivity contribution in [1.29, 1.82) is 0 Å². The maximum Gasteiger partial charge on any atom is 0.311 e. The highest BCUT2D eigenvalue weighted by molar-refractivity contribution is 5.90. The van der Waals surface area contributed by atoms with Crippen LogP contribution in [0.3, 0.4) is 0 Å². The molecule has 1 saturated heterocycles. The SMILES string of the molecule is O=C(c1nnc(-c2ccccc2)o1)N1CCC1. The summed E-state index contributed by atoms with van der Waals surface area (Å²) in [5.74, 6) is 0.281. The molecule has 1 amide bonds. The van der Waals surface area contributed by atoms with Crippen LogP contribution in [-0.4, -0.2) is 34.1 Å². The lowest BCUT2D eigenvalue weighted by molar-refractivity contribution is 0.0611. The first-order valence-electron chi connectivity index (χ1n) is 5.53. The lowest BCUT2D eigenvalue weighted by atomic mass is 10.2. The van der Waals surface area contributed by atoms with Crippen LogP contribution in [0.25, 0.3) is 11.5 Å². The van der Waals surface area contributed by atoms with Gasteiger partial charge in [0.05, 0.1) is 0 Å². The Balaban J connectivity index is 1.85. The fourth-order valence-electron chi connectivity index (χ4n) is 1.66. The molecule has 0 spiro atoms. The standard InChI is InChI=1S/C12H11N3O2/c16-12(15-7-4-8-15)11-14-13-10(17-11)9-5-2-1-3-6-9/h1-3,5-6H,4,7-8H2. The predicted octanol–water partition coefficient (Wildman–Crippen LogP) is 1.58. The van der Waals surface area contributed by atoms with E-state index in [1.807, 2.05) is 30.3 Å². The lowest BCUT2D eigenvalue weighted by Crippen LogP contribution is -2.42. The van der Waals surface area contributed by atoms with Crippen LogP contribution in [0, 0.1) is 0 Å². The molecule has 0 saturated carbocycles. The zero-order chi connectivity index (χ0) is 11.7. The van der Waals surface area contributed by atoms with Crippen molar-refractivity contribution in [1.82, 2.24) is 15.1 Å². The molecule has 0 bridgehead atoms. The number of likely N-dealkylation sites (tertiary alicyclic amines) is 1. The van der Waals surface area contributed by atoms with Crippen molar-refractivity contribution in [2.75, 3.05) is 13.1 Å². The number of aromatic nitrogens is 2. The summed E-state index contributed by atoms with van der Waals surface area (Å²) in [6.07, 6.45) is 1.05. The molecule has 3 rings (SSSR count). The molecule has 1 aromatic carbocycles. The van der Waals surface area contributed by atoms with Gasteiger partial charge in [0.2, 0.25) is 5.89 Å². The molecular formula is C12H11N3O2. The number of hydrogen-bond acceptors (Lipinski definition) is 4. The summed E-state index contributed by atoms with van der Waals surface area (Å²) in [6.45, 7) is 1.56. The number of amides is 1. The van der Waals surface area contributed by atoms with Crippen LogP contribution in [0.2, 0.25) is 0 Å². The maximum atomic E-state index is 11.8. The van der Waals surface area contributed by atoms with Gasteiger partial charge in [-0.05, 0) is 18.6 Å². The van der Waals surface area contributed by atoms with Gasteiger partial charge in [-0.25, -0.2) is 0 Å². The molecule has 17 heavy (non-hydrogen) atoms. The molecule has 2 aromatic rings. The van der Waals surface area contributed by atoms with Crippen LogP contribution in [0.1, 0.15) is 17.1 Å². The molecule has 5 heteroatoms. The van der Waals surface area contributed by atoms with E-state index in [4.69, 9.17) is 4.42 Å². The van der Waals surface area contributed by atoms with Crippen molar-refractivity contribution in [2.24, 2.45) is 0 Å². The molecule has 0 aliphatic carbocycles. The largest absolute Gasteiger partial charge is 0.412 e. The number of carbonyl (C=O) groups excluding carboxylic acids is 1. The third kappa shape index (κ3) is 1.80. The molecule has 1 fully saturated rings. The number of rotatable bonds is 2. The highest BCUT2D eigenvalue weighted by Crippen LogP contribution is 2.18. The number of benzene rings is 1. The monoisotopic (exact) mass is 229 g/mol. The van der Waals surface area contributed by atoms with E-state index in [2.05, 4.69) is 10.2 Å². The zero-order valence-corrected chi connectivity index (χ0v) is 9.17. The second kappa shape index (κ2) is 4.01. The van der Waals surface area contributed by atoms with Crippen molar-refractivity contribution >= 4 is 5.91 Å². The molecule has 0 unspecified atom stereocenters. The summed E-state index contributed by atoms with van der Waals surface area (Å²) in [7, 11) is 0. The molecule has 0 atom stereocenters. The van der Waals surface area contributed by atoms with Crippen LogP contribution in [0.15, 0.2) is 34.7 Å². The van der Waals surface area contributed by atoms with Crippen molar-refractivity contribution in [3.8, 4) is 11.5 Å². The summed E-state index contributed by atoms with van der Waals surface area (Å²) < 4.78 is 5.37. The Kier molecular flexibility index (Phi) is 2.36. The molecule has 5 nitrogen and oxygen atoms in total. The number of carbonyl (C=O) groups is 1. The van der Waals surface area contributed by atoms with Crippen molar-refractivity contribution < 1.29 is 9.21 Å². The van der Waals surface area contributed by atoms with E-state index in [9.17, 15) is 4.79 Å². The second-order valence-corrected chi connectivity index (χ2v) is 3.92. The van der Waals surface area contributed by atoms with Gasteiger partial charge >= 0.3 is 11.8 Å². The minimum absolute atomic E-state index is 0.0727. The maximum absolute atomic E-state index is 11.8. The molecule has 1 aliphatic rings. The minimum Gasteiger partial charge on any atom is -0.412 e. The van der Waals surface area contributed by atoms with Crippen LogP contribution in [0.5, 0.6) is 0 Å². The van der Waals surface area contributed by atoms with Gasteiger partial charge in [0.15, 0.2) is 0 Å². The smallest absolute Gasteiger partial charge is 0.311 e. The molecule has 1 aliphatic heterocycles. The Hall–Kier alpha value is -2.17. The van der Waals surface area contributed by atoms with Crippen LogP contribution in [-0.2, 0) is 0 Å². The average molecular weight is 229 g/mol. The second-order valence-electron chi connectivity index (χ2n) is 3.92. The predicted molar refractivity (Wildman–Crippen MR) is 60.3 cm³/mol. The highest BCUT2D eigenvalue weighted by Gasteiger charge is 2.26. The third-order valence-electron chi connectivity index (χ3n) is 2.77. The van der Waals surface area contributed by atoms with E-state index in [-0.39, 0.29) is 11.8 Å². The third-order valence-corrected chi connectivity index (χ3v) is 2.77. The first-order valence-corrected chi connectivity index (χ1v) is 5.53. The van der Waals surface area contributed by atoms with E-state index in [0.29, 0.717) is 5.89 Å². The van der Waals surface area contributed by atoms with E-state index in [1.165, 1.54) is 0 Å². The van der Waals surface area contributed by atoms with Crippen LogP contribution >= 0.6 is 0 Å². The fourth-order valence-corrected chi connectivity index (χ4v) is 1.66. The highest BCUT2D eigenvalue weighted by atomic mass is 16.4. The Labute approximate surface area is 98.1 Å². The topological polar surface area (TPSA) is 59.2 Å². The van der Waals surface area contributed by atoms with E-state index in [1.54, 1.807) is 4.90 Å². The van der Waals surface area contributed by atoms with Gasteiger partial charge in [-0.1, -0.05) is 18.2 Å². The number of nitrogens with zero attached hydrogens (tertiary/aromatic N) is 3. The first kappa shape index (κ1) is 10.0. The van der Waals surface area contributed by atoms with Gasteiger partial charge in [-0.15, -0.1) is 10.2 Å². The lowest BCUT2D eigenvalue weighted by Gasteiger charge is -2.29. The summed E-state index contributed by atoms with van der Waals surface area (Å²) >= 11 is 0. The van der Waals surface area contributed by atoms with Crippen molar-refractivity contribution in [3.05, 3.63) is 36.2 Å². The van der Waals surface area contributed by atoms with Crippen molar-refractivity contribution in [3.63, 3.8) is 0 Å². The molecule has 86 valence electrons. The first-order chi connectivity index (χ1) is 8.34. The molecule has 0 radical (unpaired) electrons. The Morgan fingerprint density at radius 3 is 2.59 bits per heavy atom. The fraction of sp³-hybridized carbons (Fsp3) is 0.250. The van der Waals surface area contributed by atoms with Gasteiger partial charge in [-0.2, -0.15) is 0 Å². The molecule has 2 heterocycles. The minimum atomic E-state index is -0.175. The van der Waals surface area contributed by atoms with E-state index in [0.717, 1.165) is 25.1 Å². The summed E-state index contributed by atoms with van der Waals surface area (Å²) in [6, 6.07) is 9.41. The zero-order valence-electron chi connectivity index (χ0n) is 9.17. The molecule has 1 aromatic heterocycles. The van der Waals surface area contributed by atoms with Gasteiger partial charge in [0.1, 0.15) is 0 Å². The van der Waals surface area contributed by atoms with E-state index < -0.39 is 0 Å². The van der Waals surface area contributed by atoms with Crippen LogP contribution in [0.4, 0.5) is 0 Å². The Morgan fingerprint density at radius 2 is 1.94 bits per heavy atom. The molecule has 0 N–H and O–H groups in total. The van der Waals surface area contributed by atoms with Gasteiger partial charge in [0, 0.05) is 18.7 Å². The summed E-state index contributed by atoms with van der Waals surface area (Å²) in [5, 5.41) is 7.67. The quantitative estimate of drug-likeness (QED) is 0.784. The number of hydrogen-bond donors (Lipinski definition) is 0. The van der Waals surface area contributed by atoms with Gasteiger partial charge < -0.3 is 9.32 Å². The van der Waals surface area contributed by atoms with Gasteiger partial charge in [0.25, 0.3) is 0 Å². The van der Waals surface area contributed by atoms with Crippen molar-refractivity contribution in [2.45, 2.75) is 6.42 Å². The normalized spacial score (nSPS) is 14.5. The average Bonchev–Trinajstić information content (AvgIpc) is 2.77. The molecular weight excluding hydrogens is 218 g/mol. The summed E-state index contributed by atoms with van der Waals surface area (Å²) in [5.41, 5.74) is 0.822. The van der Waals surface area contributed by atoms with Gasteiger partial charge in [-0.3, -0.25) is 4.79 Å². The van der Waals surface area contributed by atoms with E-state index >= 15 is 0 Å². The Bertz CT molecular complexity index is 532. The van der Waals surface area contributed by atoms with Crippen LogP contribution < -0.4 is 0 Å². The Morgan fingerprint density at radius 1 is 1.18 bits per heavy atom.